The number of hydrogen-bond acceptors (Lipinski definition) is 2. The Morgan fingerprint density at radius 3 is 2.60 bits per heavy atom. The van der Waals surface area contributed by atoms with Gasteiger partial charge in [0.2, 0.25) is 0 Å². The molecule has 0 bridgehead atoms. The Labute approximate surface area is 121 Å². The van der Waals surface area contributed by atoms with Gasteiger partial charge in [0.05, 0.1) is 7.11 Å². The predicted octanol–water partition coefficient (Wildman–Crippen LogP) is 4.64. The summed E-state index contributed by atoms with van der Waals surface area (Å²) in [7, 11) is 1.75. The minimum absolute atomic E-state index is 0.906. The van der Waals surface area contributed by atoms with Crippen LogP contribution in [0.5, 0.6) is 0 Å². The molecule has 0 radical (unpaired) electrons. The minimum atomic E-state index is 0.906. The maximum Gasteiger partial charge on any atom is 0.131 e. The van der Waals surface area contributed by atoms with Gasteiger partial charge in [-0.15, -0.1) is 0 Å². The van der Waals surface area contributed by atoms with Crippen molar-refractivity contribution in [1.29, 1.82) is 0 Å². The molecular formula is C18H23NO. The molecule has 0 saturated heterocycles. The molecule has 0 atom stereocenters. The van der Waals surface area contributed by atoms with Gasteiger partial charge in [-0.05, 0) is 12.8 Å². The molecule has 2 rings (SSSR count). The van der Waals surface area contributed by atoms with E-state index in [1.54, 1.807) is 7.11 Å². The lowest BCUT2D eigenvalue weighted by Crippen LogP contribution is -2.10. The molecule has 0 amide bonds. The molecule has 0 unspecified atom stereocenters. The fraction of sp³-hybridized carbons (Fsp3) is 0.389. The molecule has 1 aliphatic rings. The summed E-state index contributed by atoms with van der Waals surface area (Å²) in [6, 6.07) is 10.3. The van der Waals surface area contributed by atoms with E-state index in [-0.39, 0.29) is 0 Å². The van der Waals surface area contributed by atoms with Crippen molar-refractivity contribution in [2.75, 3.05) is 13.7 Å². The number of ether oxygens (including phenoxy) is 1. The van der Waals surface area contributed by atoms with E-state index in [1.165, 1.54) is 17.7 Å². The van der Waals surface area contributed by atoms with Crippen molar-refractivity contribution >= 4 is 11.5 Å². The third-order valence-electron chi connectivity index (χ3n) is 3.48. The fourth-order valence-electron chi connectivity index (χ4n) is 2.40. The van der Waals surface area contributed by atoms with E-state index >= 15 is 0 Å². The lowest BCUT2D eigenvalue weighted by atomic mass is 9.94. The van der Waals surface area contributed by atoms with Crippen LogP contribution in [0.1, 0.15) is 38.2 Å². The van der Waals surface area contributed by atoms with Crippen LogP contribution in [0, 0.1) is 0 Å². The van der Waals surface area contributed by atoms with Gasteiger partial charge in [0.1, 0.15) is 5.76 Å². The summed E-state index contributed by atoms with van der Waals surface area (Å²) < 4.78 is 5.68. The van der Waals surface area contributed by atoms with Crippen LogP contribution in [-0.2, 0) is 4.74 Å². The molecule has 106 valence electrons. The SMILES string of the molecule is CCCCN=C1CC=CCC1=C(OC)c1ccccc1. The third kappa shape index (κ3) is 3.60. The number of methoxy groups -OCH3 is 1. The highest BCUT2D eigenvalue weighted by atomic mass is 16.5. The highest BCUT2D eigenvalue weighted by Crippen LogP contribution is 2.26. The predicted molar refractivity (Wildman–Crippen MR) is 86.0 cm³/mol. The number of allylic oxidation sites excluding steroid dienone is 3. The maximum absolute atomic E-state index is 5.68. The second kappa shape index (κ2) is 7.68. The fourth-order valence-corrected chi connectivity index (χ4v) is 2.40. The molecule has 0 aromatic heterocycles. The number of nitrogens with zero attached hydrogens (tertiary/aromatic N) is 1. The van der Waals surface area contributed by atoms with Crippen molar-refractivity contribution < 1.29 is 4.74 Å². The molecule has 0 N–H and O–H groups in total. The van der Waals surface area contributed by atoms with Gasteiger partial charge in [-0.3, -0.25) is 4.99 Å². The van der Waals surface area contributed by atoms with Gasteiger partial charge in [0, 0.05) is 29.8 Å². The summed E-state index contributed by atoms with van der Waals surface area (Å²) in [5.41, 5.74) is 3.54. The molecule has 0 aliphatic heterocycles. The number of rotatable bonds is 5. The zero-order valence-corrected chi connectivity index (χ0v) is 12.4. The summed E-state index contributed by atoms with van der Waals surface area (Å²) in [5.74, 6) is 0.963. The van der Waals surface area contributed by atoms with Crippen LogP contribution in [0.2, 0.25) is 0 Å². The molecule has 1 aromatic carbocycles. The molecule has 0 spiro atoms. The third-order valence-corrected chi connectivity index (χ3v) is 3.48. The van der Waals surface area contributed by atoms with Crippen molar-refractivity contribution in [3.05, 3.63) is 53.6 Å². The van der Waals surface area contributed by atoms with Gasteiger partial charge in [-0.1, -0.05) is 55.8 Å². The highest BCUT2D eigenvalue weighted by Gasteiger charge is 2.16. The van der Waals surface area contributed by atoms with Crippen LogP contribution in [0.4, 0.5) is 0 Å². The summed E-state index contributed by atoms with van der Waals surface area (Å²) in [6.45, 7) is 3.11. The highest BCUT2D eigenvalue weighted by molar-refractivity contribution is 6.07. The summed E-state index contributed by atoms with van der Waals surface area (Å²) in [6.07, 6.45) is 8.56. The maximum atomic E-state index is 5.68. The Kier molecular flexibility index (Phi) is 5.60. The standard InChI is InChI=1S/C18H23NO/c1-3-4-14-19-17-13-9-8-12-16(17)18(20-2)15-10-6-5-7-11-15/h5-11H,3-4,12-14H2,1-2H3. The lowest BCUT2D eigenvalue weighted by Gasteiger charge is -2.18. The Morgan fingerprint density at radius 1 is 1.15 bits per heavy atom. The second-order valence-electron chi connectivity index (χ2n) is 4.94. The average molecular weight is 269 g/mol. The van der Waals surface area contributed by atoms with Gasteiger partial charge in [0.15, 0.2) is 0 Å². The normalized spacial score (nSPS) is 19.2. The lowest BCUT2D eigenvalue weighted by molar-refractivity contribution is 0.367. The monoisotopic (exact) mass is 269 g/mol. The summed E-state index contributed by atoms with van der Waals surface area (Å²) in [4.78, 5) is 4.78. The van der Waals surface area contributed by atoms with Crippen LogP contribution in [-0.4, -0.2) is 19.4 Å². The molecule has 0 heterocycles. The number of hydrogen-bond donors (Lipinski definition) is 0. The first-order valence-electron chi connectivity index (χ1n) is 7.38. The topological polar surface area (TPSA) is 21.6 Å². The first-order valence-corrected chi connectivity index (χ1v) is 7.38. The number of aliphatic imine (C=N–C) groups is 1. The second-order valence-corrected chi connectivity index (χ2v) is 4.94. The van der Waals surface area contributed by atoms with E-state index in [0.29, 0.717) is 0 Å². The van der Waals surface area contributed by atoms with Crippen LogP contribution in [0.3, 0.4) is 0 Å². The zero-order chi connectivity index (χ0) is 14.2. The van der Waals surface area contributed by atoms with Gasteiger partial charge in [0.25, 0.3) is 0 Å². The molecule has 20 heavy (non-hydrogen) atoms. The van der Waals surface area contributed by atoms with E-state index < -0.39 is 0 Å². The van der Waals surface area contributed by atoms with Crippen LogP contribution in [0.25, 0.3) is 5.76 Å². The Bertz CT molecular complexity index is 511. The number of unbranched alkanes of at least 4 members (excludes halogenated alkanes) is 1. The van der Waals surface area contributed by atoms with Crippen LogP contribution >= 0.6 is 0 Å². The Balaban J connectivity index is 2.35. The quantitative estimate of drug-likeness (QED) is 0.433. The van der Waals surface area contributed by atoms with Crippen molar-refractivity contribution in [1.82, 2.24) is 0 Å². The molecular weight excluding hydrogens is 246 g/mol. The summed E-state index contributed by atoms with van der Waals surface area (Å²) in [5, 5.41) is 0. The molecule has 1 aromatic rings. The zero-order valence-electron chi connectivity index (χ0n) is 12.4. The van der Waals surface area contributed by atoms with E-state index in [0.717, 1.165) is 37.1 Å². The van der Waals surface area contributed by atoms with Crippen molar-refractivity contribution in [2.24, 2.45) is 4.99 Å². The van der Waals surface area contributed by atoms with Crippen LogP contribution < -0.4 is 0 Å². The van der Waals surface area contributed by atoms with Crippen molar-refractivity contribution in [2.45, 2.75) is 32.6 Å². The molecule has 1 aliphatic carbocycles. The Hall–Kier alpha value is -1.83. The first kappa shape index (κ1) is 14.6. The van der Waals surface area contributed by atoms with Crippen molar-refractivity contribution in [3.8, 4) is 0 Å². The Morgan fingerprint density at radius 2 is 1.90 bits per heavy atom. The van der Waals surface area contributed by atoms with E-state index in [4.69, 9.17) is 9.73 Å². The van der Waals surface area contributed by atoms with E-state index in [1.807, 2.05) is 18.2 Å². The largest absolute Gasteiger partial charge is 0.496 e. The van der Waals surface area contributed by atoms with Gasteiger partial charge in [-0.25, -0.2) is 0 Å². The van der Waals surface area contributed by atoms with Gasteiger partial charge >= 0.3 is 0 Å². The summed E-state index contributed by atoms with van der Waals surface area (Å²) >= 11 is 0. The minimum Gasteiger partial charge on any atom is -0.496 e. The van der Waals surface area contributed by atoms with E-state index in [2.05, 4.69) is 31.2 Å². The number of benzene rings is 1. The van der Waals surface area contributed by atoms with E-state index in [9.17, 15) is 0 Å². The molecule has 0 fully saturated rings. The van der Waals surface area contributed by atoms with Gasteiger partial charge in [-0.2, -0.15) is 0 Å². The van der Waals surface area contributed by atoms with Gasteiger partial charge < -0.3 is 4.74 Å². The van der Waals surface area contributed by atoms with Crippen molar-refractivity contribution in [3.63, 3.8) is 0 Å². The smallest absolute Gasteiger partial charge is 0.131 e. The molecule has 2 nitrogen and oxygen atoms in total. The first-order chi connectivity index (χ1) is 9.86. The molecule has 0 saturated carbocycles. The van der Waals surface area contributed by atoms with Crippen LogP contribution in [0.15, 0.2) is 53.0 Å². The molecule has 2 heteroatoms. The average Bonchev–Trinajstić information content (AvgIpc) is 2.51.